The van der Waals surface area contributed by atoms with Crippen LogP contribution in [0.15, 0.2) is 60.7 Å². The van der Waals surface area contributed by atoms with Gasteiger partial charge in [0.05, 0.1) is 11.1 Å². The van der Waals surface area contributed by atoms with Crippen LogP contribution in [0.1, 0.15) is 17.2 Å². The molecule has 21 heavy (non-hydrogen) atoms. The lowest BCUT2D eigenvalue weighted by atomic mass is 9.96. The minimum atomic E-state index is -0.395. The first-order chi connectivity index (χ1) is 10.2. The molecule has 3 aromatic rings. The number of hydrogen-bond donors (Lipinski definition) is 1. The van der Waals surface area contributed by atoms with Crippen LogP contribution < -0.4 is 5.32 Å². The standard InChI is InChI=1S/C18H15ClFN/c1-21-18(15-8-9-17(20)16(19)11-15)14-7-6-12-4-2-3-5-13(12)10-14/h2-11,18,21H,1H3. The van der Waals surface area contributed by atoms with Crippen LogP contribution in [-0.4, -0.2) is 7.05 Å². The molecule has 0 bridgehead atoms. The summed E-state index contributed by atoms with van der Waals surface area (Å²) in [5.41, 5.74) is 2.07. The highest BCUT2D eigenvalue weighted by atomic mass is 35.5. The van der Waals surface area contributed by atoms with Gasteiger partial charge in [0.1, 0.15) is 5.82 Å². The molecule has 106 valence electrons. The average molecular weight is 300 g/mol. The van der Waals surface area contributed by atoms with Gasteiger partial charge in [-0.2, -0.15) is 0 Å². The predicted octanol–water partition coefficient (Wildman–Crippen LogP) is 4.94. The lowest BCUT2D eigenvalue weighted by Gasteiger charge is -2.18. The molecule has 3 aromatic carbocycles. The van der Waals surface area contributed by atoms with Gasteiger partial charge in [-0.3, -0.25) is 0 Å². The molecule has 0 aromatic heterocycles. The van der Waals surface area contributed by atoms with Crippen molar-refractivity contribution in [2.45, 2.75) is 6.04 Å². The maximum Gasteiger partial charge on any atom is 0.141 e. The largest absolute Gasteiger partial charge is 0.309 e. The van der Waals surface area contributed by atoms with Crippen LogP contribution in [0.2, 0.25) is 5.02 Å². The Bertz CT molecular complexity index is 785. The summed E-state index contributed by atoms with van der Waals surface area (Å²) in [6.45, 7) is 0. The van der Waals surface area contributed by atoms with Crippen LogP contribution in [0.3, 0.4) is 0 Å². The number of halogens is 2. The second-order valence-electron chi connectivity index (χ2n) is 5.00. The van der Waals surface area contributed by atoms with Crippen molar-refractivity contribution in [3.8, 4) is 0 Å². The minimum absolute atomic E-state index is 0.0206. The molecule has 3 rings (SSSR count). The molecule has 1 atom stereocenters. The lowest BCUT2D eigenvalue weighted by molar-refractivity contribution is 0.624. The smallest absolute Gasteiger partial charge is 0.141 e. The Morgan fingerprint density at radius 2 is 1.57 bits per heavy atom. The summed E-state index contributed by atoms with van der Waals surface area (Å²) in [5.74, 6) is -0.395. The van der Waals surface area contributed by atoms with Crippen molar-refractivity contribution < 1.29 is 4.39 Å². The fourth-order valence-electron chi connectivity index (χ4n) is 2.61. The van der Waals surface area contributed by atoms with E-state index in [2.05, 4.69) is 35.6 Å². The van der Waals surface area contributed by atoms with Gasteiger partial charge in [-0.15, -0.1) is 0 Å². The van der Waals surface area contributed by atoms with E-state index in [4.69, 9.17) is 11.6 Å². The second kappa shape index (κ2) is 5.84. The van der Waals surface area contributed by atoms with E-state index in [1.165, 1.54) is 16.8 Å². The first-order valence-corrected chi connectivity index (χ1v) is 7.18. The third-order valence-corrected chi connectivity index (χ3v) is 3.96. The normalized spacial score (nSPS) is 12.5. The summed E-state index contributed by atoms with van der Waals surface area (Å²) in [7, 11) is 1.89. The van der Waals surface area contributed by atoms with Gasteiger partial charge < -0.3 is 5.32 Å². The Morgan fingerprint density at radius 1 is 0.905 bits per heavy atom. The van der Waals surface area contributed by atoms with Gasteiger partial charge in [-0.1, -0.05) is 54.1 Å². The van der Waals surface area contributed by atoms with Gasteiger partial charge in [-0.25, -0.2) is 4.39 Å². The molecule has 3 heteroatoms. The average Bonchev–Trinajstić information content (AvgIpc) is 2.51. The monoisotopic (exact) mass is 299 g/mol. The highest BCUT2D eigenvalue weighted by Gasteiger charge is 2.14. The van der Waals surface area contributed by atoms with Gasteiger partial charge >= 0.3 is 0 Å². The minimum Gasteiger partial charge on any atom is -0.309 e. The van der Waals surface area contributed by atoms with E-state index in [9.17, 15) is 4.39 Å². The van der Waals surface area contributed by atoms with E-state index >= 15 is 0 Å². The Labute approximate surface area is 128 Å². The summed E-state index contributed by atoms with van der Waals surface area (Å²) in [6, 6.07) is 19.4. The number of benzene rings is 3. The first kappa shape index (κ1) is 14.1. The number of nitrogens with one attached hydrogen (secondary N) is 1. The molecule has 0 amide bonds. The van der Waals surface area contributed by atoms with Crippen LogP contribution in [0.5, 0.6) is 0 Å². The molecule has 0 radical (unpaired) electrons. The summed E-state index contributed by atoms with van der Waals surface area (Å²) in [6.07, 6.45) is 0. The molecule has 0 aliphatic carbocycles. The van der Waals surface area contributed by atoms with Crippen molar-refractivity contribution in [1.29, 1.82) is 0 Å². The van der Waals surface area contributed by atoms with Crippen molar-refractivity contribution in [1.82, 2.24) is 5.32 Å². The molecule has 0 fully saturated rings. The molecule has 1 N–H and O–H groups in total. The topological polar surface area (TPSA) is 12.0 Å². The van der Waals surface area contributed by atoms with E-state index in [1.807, 2.05) is 19.2 Å². The number of rotatable bonds is 3. The molecule has 0 spiro atoms. The number of hydrogen-bond acceptors (Lipinski definition) is 1. The second-order valence-corrected chi connectivity index (χ2v) is 5.41. The van der Waals surface area contributed by atoms with E-state index in [0.717, 1.165) is 11.1 Å². The van der Waals surface area contributed by atoms with Crippen LogP contribution in [-0.2, 0) is 0 Å². The maximum atomic E-state index is 13.3. The SMILES string of the molecule is CNC(c1ccc(F)c(Cl)c1)c1ccc2ccccc2c1. The highest BCUT2D eigenvalue weighted by Crippen LogP contribution is 2.28. The molecule has 0 saturated carbocycles. The van der Waals surface area contributed by atoms with E-state index in [0.29, 0.717) is 0 Å². The zero-order valence-electron chi connectivity index (χ0n) is 11.6. The fourth-order valence-corrected chi connectivity index (χ4v) is 2.79. The molecular formula is C18H15ClFN. The molecule has 0 heterocycles. The Morgan fingerprint density at radius 3 is 2.29 bits per heavy atom. The Balaban J connectivity index is 2.06. The molecule has 1 nitrogen and oxygen atoms in total. The van der Waals surface area contributed by atoms with Gasteiger partial charge in [0.2, 0.25) is 0 Å². The highest BCUT2D eigenvalue weighted by molar-refractivity contribution is 6.30. The molecular weight excluding hydrogens is 285 g/mol. The predicted molar refractivity (Wildman–Crippen MR) is 86.3 cm³/mol. The Kier molecular flexibility index (Phi) is 3.91. The van der Waals surface area contributed by atoms with Crippen LogP contribution >= 0.6 is 11.6 Å². The van der Waals surface area contributed by atoms with Gasteiger partial charge in [-0.05, 0) is 47.1 Å². The summed E-state index contributed by atoms with van der Waals surface area (Å²) in [4.78, 5) is 0. The van der Waals surface area contributed by atoms with Crippen LogP contribution in [0, 0.1) is 5.82 Å². The van der Waals surface area contributed by atoms with Crippen molar-refractivity contribution in [2.75, 3.05) is 7.05 Å². The summed E-state index contributed by atoms with van der Waals surface area (Å²) < 4.78 is 13.3. The van der Waals surface area contributed by atoms with Gasteiger partial charge in [0, 0.05) is 0 Å². The lowest BCUT2D eigenvalue weighted by Crippen LogP contribution is -2.17. The third kappa shape index (κ3) is 2.78. The van der Waals surface area contributed by atoms with Gasteiger partial charge in [0.15, 0.2) is 0 Å². The van der Waals surface area contributed by atoms with Crippen molar-refractivity contribution in [3.63, 3.8) is 0 Å². The van der Waals surface area contributed by atoms with Crippen LogP contribution in [0.4, 0.5) is 4.39 Å². The van der Waals surface area contributed by atoms with Crippen molar-refractivity contribution in [2.24, 2.45) is 0 Å². The zero-order valence-corrected chi connectivity index (χ0v) is 12.4. The number of fused-ring (bicyclic) bond motifs is 1. The molecule has 1 unspecified atom stereocenters. The zero-order chi connectivity index (χ0) is 14.8. The van der Waals surface area contributed by atoms with Gasteiger partial charge in [0.25, 0.3) is 0 Å². The van der Waals surface area contributed by atoms with Crippen LogP contribution in [0.25, 0.3) is 10.8 Å². The maximum absolute atomic E-state index is 13.3. The molecule has 0 saturated heterocycles. The first-order valence-electron chi connectivity index (χ1n) is 6.80. The van der Waals surface area contributed by atoms with Crippen molar-refractivity contribution >= 4 is 22.4 Å². The third-order valence-electron chi connectivity index (χ3n) is 3.67. The summed E-state index contributed by atoms with van der Waals surface area (Å²) in [5, 5.41) is 5.80. The summed E-state index contributed by atoms with van der Waals surface area (Å²) >= 11 is 5.89. The van der Waals surface area contributed by atoms with E-state index in [-0.39, 0.29) is 11.1 Å². The van der Waals surface area contributed by atoms with Crippen molar-refractivity contribution in [3.05, 3.63) is 82.6 Å². The van der Waals surface area contributed by atoms with E-state index in [1.54, 1.807) is 12.1 Å². The molecule has 0 aliphatic rings. The molecule has 0 aliphatic heterocycles. The fraction of sp³-hybridized carbons (Fsp3) is 0.111. The Hall–Kier alpha value is -1.90. The van der Waals surface area contributed by atoms with E-state index < -0.39 is 5.82 Å². The quantitative estimate of drug-likeness (QED) is 0.722.